The number of aromatic nitrogens is 2. The standard InChI is InChI=1S/C17H17N3O3/c1-10(22)15-16-12(11-5-2-3-6-13(11)19-16)9-14(20-15)17(23)18-7-4-8-21/h2-3,5-6,9,19,21H,4,7-8H2,1H3,(H,18,23). The second-order valence-corrected chi connectivity index (χ2v) is 5.34. The number of benzene rings is 1. The van der Waals surface area contributed by atoms with Crippen LogP contribution < -0.4 is 5.32 Å². The average molecular weight is 311 g/mol. The number of hydrogen-bond donors (Lipinski definition) is 3. The van der Waals surface area contributed by atoms with Gasteiger partial charge in [0.2, 0.25) is 0 Å². The molecule has 0 aliphatic carbocycles. The van der Waals surface area contributed by atoms with Gasteiger partial charge in [0.15, 0.2) is 5.78 Å². The number of carbonyl (C=O) groups excluding carboxylic acids is 2. The first kappa shape index (κ1) is 15.2. The molecule has 0 radical (unpaired) electrons. The van der Waals surface area contributed by atoms with E-state index in [0.717, 1.165) is 16.3 Å². The molecule has 0 aliphatic heterocycles. The summed E-state index contributed by atoms with van der Waals surface area (Å²) in [7, 11) is 0. The van der Waals surface area contributed by atoms with E-state index in [4.69, 9.17) is 5.11 Å². The molecule has 3 N–H and O–H groups in total. The van der Waals surface area contributed by atoms with Crippen LogP contribution in [0, 0.1) is 0 Å². The van der Waals surface area contributed by atoms with Gasteiger partial charge in [0, 0.05) is 36.4 Å². The quantitative estimate of drug-likeness (QED) is 0.496. The lowest BCUT2D eigenvalue weighted by Crippen LogP contribution is -2.26. The van der Waals surface area contributed by atoms with Gasteiger partial charge in [0.1, 0.15) is 11.4 Å². The number of amides is 1. The molecule has 0 saturated heterocycles. The van der Waals surface area contributed by atoms with Gasteiger partial charge in [-0.15, -0.1) is 0 Å². The van der Waals surface area contributed by atoms with Crippen molar-refractivity contribution in [1.29, 1.82) is 0 Å². The number of Topliss-reactive ketones (excluding diaryl/α,β-unsaturated/α-hetero) is 1. The fraction of sp³-hybridized carbons (Fsp3) is 0.235. The number of hydrogen-bond acceptors (Lipinski definition) is 4. The van der Waals surface area contributed by atoms with Crippen molar-refractivity contribution in [2.75, 3.05) is 13.2 Å². The van der Waals surface area contributed by atoms with E-state index >= 15 is 0 Å². The Bertz CT molecular complexity index is 899. The number of rotatable bonds is 5. The van der Waals surface area contributed by atoms with E-state index < -0.39 is 0 Å². The molecule has 6 nitrogen and oxygen atoms in total. The van der Waals surface area contributed by atoms with Gasteiger partial charge in [-0.25, -0.2) is 4.98 Å². The van der Waals surface area contributed by atoms with E-state index in [1.54, 1.807) is 6.07 Å². The second-order valence-electron chi connectivity index (χ2n) is 5.34. The van der Waals surface area contributed by atoms with E-state index in [1.807, 2.05) is 24.3 Å². The Kier molecular flexibility index (Phi) is 4.08. The summed E-state index contributed by atoms with van der Waals surface area (Å²) in [5.41, 5.74) is 1.99. The number of nitrogens with zero attached hydrogens (tertiary/aromatic N) is 1. The van der Waals surface area contributed by atoms with E-state index in [2.05, 4.69) is 15.3 Å². The summed E-state index contributed by atoms with van der Waals surface area (Å²) in [5, 5.41) is 13.2. The summed E-state index contributed by atoms with van der Waals surface area (Å²) in [6.45, 7) is 1.80. The lowest BCUT2D eigenvalue weighted by molar-refractivity contribution is 0.0946. The van der Waals surface area contributed by atoms with Crippen molar-refractivity contribution in [2.24, 2.45) is 0 Å². The van der Waals surface area contributed by atoms with Gasteiger partial charge in [0.25, 0.3) is 5.91 Å². The molecule has 3 rings (SSSR count). The van der Waals surface area contributed by atoms with Gasteiger partial charge in [-0.1, -0.05) is 18.2 Å². The predicted molar refractivity (Wildman–Crippen MR) is 87.6 cm³/mol. The van der Waals surface area contributed by atoms with Crippen LogP contribution in [0.5, 0.6) is 0 Å². The molecule has 0 fully saturated rings. The summed E-state index contributed by atoms with van der Waals surface area (Å²) < 4.78 is 0. The monoisotopic (exact) mass is 311 g/mol. The topological polar surface area (TPSA) is 95.1 Å². The molecule has 0 saturated carbocycles. The normalized spacial score (nSPS) is 11.0. The summed E-state index contributed by atoms with van der Waals surface area (Å²) in [4.78, 5) is 31.6. The van der Waals surface area contributed by atoms with Gasteiger partial charge in [-0.05, 0) is 18.6 Å². The molecule has 118 valence electrons. The van der Waals surface area contributed by atoms with Crippen LogP contribution in [0.2, 0.25) is 0 Å². The summed E-state index contributed by atoms with van der Waals surface area (Å²) in [6, 6.07) is 9.35. The predicted octanol–water partition coefficient (Wildman–Crippen LogP) is 2.03. The van der Waals surface area contributed by atoms with Crippen LogP contribution in [-0.2, 0) is 0 Å². The molecule has 0 spiro atoms. The summed E-state index contributed by atoms with van der Waals surface area (Å²) >= 11 is 0. The lowest BCUT2D eigenvalue weighted by atomic mass is 10.1. The molecule has 3 aromatic rings. The maximum atomic E-state index is 12.2. The molecule has 2 aromatic heterocycles. The minimum Gasteiger partial charge on any atom is -0.396 e. The van der Waals surface area contributed by atoms with Crippen molar-refractivity contribution in [2.45, 2.75) is 13.3 Å². The first-order chi connectivity index (χ1) is 11.1. The first-order valence-electron chi connectivity index (χ1n) is 7.43. The number of H-pyrrole nitrogens is 1. The minimum absolute atomic E-state index is 0.00783. The number of aliphatic hydroxyl groups excluding tert-OH is 1. The molecule has 2 heterocycles. The van der Waals surface area contributed by atoms with Crippen molar-refractivity contribution >= 4 is 33.5 Å². The third-order valence-corrected chi connectivity index (χ3v) is 3.68. The lowest BCUT2D eigenvalue weighted by Gasteiger charge is -2.06. The molecule has 0 unspecified atom stereocenters. The van der Waals surface area contributed by atoms with Crippen LogP contribution in [0.3, 0.4) is 0 Å². The van der Waals surface area contributed by atoms with Crippen molar-refractivity contribution in [3.63, 3.8) is 0 Å². The minimum atomic E-state index is -0.354. The number of nitrogens with one attached hydrogen (secondary N) is 2. The van der Waals surface area contributed by atoms with Crippen LogP contribution in [0.15, 0.2) is 30.3 Å². The van der Waals surface area contributed by atoms with Gasteiger partial charge in [0.05, 0.1) is 5.52 Å². The number of fused-ring (bicyclic) bond motifs is 3. The third kappa shape index (κ3) is 2.80. The van der Waals surface area contributed by atoms with Crippen molar-refractivity contribution in [3.05, 3.63) is 41.7 Å². The Balaban J connectivity index is 2.14. The molecule has 23 heavy (non-hydrogen) atoms. The first-order valence-corrected chi connectivity index (χ1v) is 7.43. The van der Waals surface area contributed by atoms with E-state index in [0.29, 0.717) is 18.5 Å². The Hall–Kier alpha value is -2.73. The maximum Gasteiger partial charge on any atom is 0.269 e. The molecule has 0 bridgehead atoms. The highest BCUT2D eigenvalue weighted by Gasteiger charge is 2.17. The Morgan fingerprint density at radius 3 is 2.78 bits per heavy atom. The largest absolute Gasteiger partial charge is 0.396 e. The van der Waals surface area contributed by atoms with E-state index in [9.17, 15) is 9.59 Å². The zero-order chi connectivity index (χ0) is 16.4. The van der Waals surface area contributed by atoms with E-state index in [1.165, 1.54) is 6.92 Å². The highest BCUT2D eigenvalue weighted by molar-refractivity contribution is 6.15. The van der Waals surface area contributed by atoms with Crippen molar-refractivity contribution in [1.82, 2.24) is 15.3 Å². The number of para-hydroxylation sites is 1. The van der Waals surface area contributed by atoms with Gasteiger partial charge in [-0.3, -0.25) is 9.59 Å². The molecule has 0 aliphatic rings. The Labute approximate surface area is 132 Å². The van der Waals surface area contributed by atoms with E-state index in [-0.39, 0.29) is 29.7 Å². The summed E-state index contributed by atoms with van der Waals surface area (Å²) in [5.74, 6) is -0.556. The van der Waals surface area contributed by atoms with Crippen LogP contribution in [-0.4, -0.2) is 39.9 Å². The SMILES string of the molecule is CC(=O)c1nc(C(=O)NCCCO)cc2c1[nH]c1ccccc12. The second kappa shape index (κ2) is 6.18. The number of pyridine rings is 1. The van der Waals surface area contributed by atoms with Crippen molar-refractivity contribution in [3.8, 4) is 0 Å². The molecular formula is C17H17N3O3. The number of ketones is 1. The highest BCUT2D eigenvalue weighted by Crippen LogP contribution is 2.27. The number of aliphatic hydroxyl groups is 1. The van der Waals surface area contributed by atoms with Crippen LogP contribution in [0.1, 0.15) is 34.3 Å². The van der Waals surface area contributed by atoms with Crippen molar-refractivity contribution < 1.29 is 14.7 Å². The average Bonchev–Trinajstić information content (AvgIpc) is 2.92. The number of carbonyl (C=O) groups is 2. The molecular weight excluding hydrogens is 294 g/mol. The maximum absolute atomic E-state index is 12.2. The number of aromatic amines is 1. The zero-order valence-electron chi connectivity index (χ0n) is 12.7. The Morgan fingerprint density at radius 2 is 2.04 bits per heavy atom. The molecule has 1 aromatic carbocycles. The Morgan fingerprint density at radius 1 is 1.26 bits per heavy atom. The molecule has 6 heteroatoms. The van der Waals surface area contributed by atoms with Crippen LogP contribution in [0.25, 0.3) is 21.8 Å². The molecule has 1 amide bonds. The zero-order valence-corrected chi connectivity index (χ0v) is 12.7. The van der Waals surface area contributed by atoms with Crippen LogP contribution >= 0.6 is 0 Å². The van der Waals surface area contributed by atoms with Gasteiger partial charge >= 0.3 is 0 Å². The van der Waals surface area contributed by atoms with Crippen LogP contribution in [0.4, 0.5) is 0 Å². The fourth-order valence-electron chi connectivity index (χ4n) is 2.59. The summed E-state index contributed by atoms with van der Waals surface area (Å²) in [6.07, 6.45) is 0.473. The third-order valence-electron chi connectivity index (χ3n) is 3.68. The fourth-order valence-corrected chi connectivity index (χ4v) is 2.59. The smallest absolute Gasteiger partial charge is 0.269 e. The van der Waals surface area contributed by atoms with Gasteiger partial charge < -0.3 is 15.4 Å². The van der Waals surface area contributed by atoms with Gasteiger partial charge in [-0.2, -0.15) is 0 Å². The highest BCUT2D eigenvalue weighted by atomic mass is 16.3. The molecule has 0 atom stereocenters.